The van der Waals surface area contributed by atoms with Gasteiger partial charge in [-0.05, 0) is 62.8 Å². The summed E-state index contributed by atoms with van der Waals surface area (Å²) in [6.07, 6.45) is 8.43. The standard InChI is InChI=1S/C26H35ClN6O2/c1-20(34)29(2)24-8-15-33(28-24)25(35)31-16-10-26(11-17-31)9-5-14-32(26)19-21-6-7-22(27)18-23(21)30-12-3-4-13-30/h6-8,15,18H,3-5,9-14,16-17,19H2,1-2H3. The predicted octanol–water partition coefficient (Wildman–Crippen LogP) is 4.22. The number of hydrogen-bond donors (Lipinski definition) is 0. The van der Waals surface area contributed by atoms with Crippen LogP contribution in [0.3, 0.4) is 0 Å². The number of benzene rings is 1. The second kappa shape index (κ2) is 9.82. The van der Waals surface area contributed by atoms with Gasteiger partial charge in [0.15, 0.2) is 5.82 Å². The van der Waals surface area contributed by atoms with E-state index in [-0.39, 0.29) is 17.5 Å². The zero-order valence-electron chi connectivity index (χ0n) is 20.7. The van der Waals surface area contributed by atoms with Crippen LogP contribution in [0.4, 0.5) is 16.3 Å². The number of piperidine rings is 1. The molecule has 4 heterocycles. The molecule has 3 fully saturated rings. The van der Waals surface area contributed by atoms with Gasteiger partial charge in [0.05, 0.1) is 0 Å². The van der Waals surface area contributed by atoms with Crippen LogP contribution < -0.4 is 9.80 Å². The second-order valence-electron chi connectivity index (χ2n) is 10.2. The van der Waals surface area contributed by atoms with Crippen LogP contribution in [0.5, 0.6) is 0 Å². The van der Waals surface area contributed by atoms with E-state index in [1.807, 2.05) is 11.0 Å². The molecular weight excluding hydrogens is 464 g/mol. The van der Waals surface area contributed by atoms with Gasteiger partial charge in [0.25, 0.3) is 0 Å². The Kier molecular flexibility index (Phi) is 6.77. The molecule has 3 aliphatic heterocycles. The molecule has 3 aliphatic rings. The van der Waals surface area contributed by atoms with Crippen molar-refractivity contribution in [2.75, 3.05) is 49.6 Å². The third-order valence-electron chi connectivity index (χ3n) is 8.15. The Morgan fingerprint density at radius 3 is 2.49 bits per heavy atom. The molecule has 3 saturated heterocycles. The number of carbonyl (C=O) groups is 2. The smallest absolute Gasteiger partial charge is 0.344 e. The number of halogens is 1. The lowest BCUT2D eigenvalue weighted by Crippen LogP contribution is -2.53. The molecule has 35 heavy (non-hydrogen) atoms. The van der Waals surface area contributed by atoms with Gasteiger partial charge in [0.1, 0.15) is 0 Å². The lowest BCUT2D eigenvalue weighted by molar-refractivity contribution is -0.116. The van der Waals surface area contributed by atoms with Crippen molar-refractivity contribution in [3.8, 4) is 0 Å². The van der Waals surface area contributed by atoms with Crippen LogP contribution in [0.25, 0.3) is 0 Å². The highest BCUT2D eigenvalue weighted by molar-refractivity contribution is 6.30. The van der Waals surface area contributed by atoms with Gasteiger partial charge in [0.2, 0.25) is 5.91 Å². The highest BCUT2D eigenvalue weighted by Crippen LogP contribution is 2.41. The number of nitrogens with zero attached hydrogens (tertiary/aromatic N) is 6. The molecule has 0 aliphatic carbocycles. The van der Waals surface area contributed by atoms with Crippen molar-refractivity contribution in [2.24, 2.45) is 0 Å². The predicted molar refractivity (Wildman–Crippen MR) is 138 cm³/mol. The fraction of sp³-hybridized carbons (Fsp3) is 0.577. The van der Waals surface area contributed by atoms with Crippen molar-refractivity contribution in [1.29, 1.82) is 0 Å². The first-order valence-electron chi connectivity index (χ1n) is 12.7. The molecule has 2 aromatic rings. The minimum Gasteiger partial charge on any atom is -0.371 e. The van der Waals surface area contributed by atoms with Gasteiger partial charge in [-0.1, -0.05) is 17.7 Å². The van der Waals surface area contributed by atoms with Crippen LogP contribution in [0, 0.1) is 0 Å². The normalized spacial score (nSPS) is 20.1. The van der Waals surface area contributed by atoms with Crippen molar-refractivity contribution < 1.29 is 9.59 Å². The highest BCUT2D eigenvalue weighted by Gasteiger charge is 2.44. The van der Waals surface area contributed by atoms with Gasteiger partial charge in [-0.3, -0.25) is 14.6 Å². The molecule has 0 unspecified atom stereocenters. The average molecular weight is 499 g/mol. The van der Waals surface area contributed by atoms with E-state index < -0.39 is 0 Å². The van der Waals surface area contributed by atoms with Crippen molar-refractivity contribution >= 4 is 35.0 Å². The van der Waals surface area contributed by atoms with Crippen LogP contribution in [0.15, 0.2) is 30.5 Å². The number of rotatable bonds is 4. The van der Waals surface area contributed by atoms with Gasteiger partial charge < -0.3 is 9.80 Å². The molecule has 0 N–H and O–H groups in total. The first kappa shape index (κ1) is 24.1. The van der Waals surface area contributed by atoms with Crippen molar-refractivity contribution in [1.82, 2.24) is 19.6 Å². The summed E-state index contributed by atoms with van der Waals surface area (Å²) in [6.45, 7) is 7.14. The molecule has 188 valence electrons. The van der Waals surface area contributed by atoms with Gasteiger partial charge in [0, 0.05) is 75.2 Å². The molecule has 0 radical (unpaired) electrons. The molecule has 1 aromatic heterocycles. The van der Waals surface area contributed by atoms with Gasteiger partial charge in [-0.2, -0.15) is 4.68 Å². The maximum Gasteiger partial charge on any atom is 0.344 e. The number of anilines is 2. The maximum atomic E-state index is 13.1. The molecule has 0 saturated carbocycles. The Labute approximate surface area is 212 Å². The summed E-state index contributed by atoms with van der Waals surface area (Å²) < 4.78 is 1.36. The summed E-state index contributed by atoms with van der Waals surface area (Å²) in [5.74, 6) is 0.371. The van der Waals surface area contributed by atoms with Gasteiger partial charge in [-0.15, -0.1) is 5.10 Å². The van der Waals surface area contributed by atoms with E-state index in [9.17, 15) is 9.59 Å². The summed E-state index contributed by atoms with van der Waals surface area (Å²) in [4.78, 5) is 33.2. The van der Waals surface area contributed by atoms with E-state index in [2.05, 4.69) is 27.0 Å². The van der Waals surface area contributed by atoms with Crippen LogP contribution >= 0.6 is 11.6 Å². The van der Waals surface area contributed by atoms with E-state index in [1.165, 1.54) is 53.4 Å². The van der Waals surface area contributed by atoms with E-state index in [0.717, 1.165) is 44.0 Å². The fourth-order valence-electron chi connectivity index (χ4n) is 5.96. The molecular formula is C26H35ClN6O2. The Hall–Kier alpha value is -2.58. The molecule has 8 nitrogen and oxygen atoms in total. The van der Waals surface area contributed by atoms with Crippen molar-refractivity contribution in [2.45, 2.75) is 57.5 Å². The number of carbonyl (C=O) groups excluding carboxylic acids is 2. The van der Waals surface area contributed by atoms with E-state index in [4.69, 9.17) is 11.6 Å². The third kappa shape index (κ3) is 4.78. The second-order valence-corrected chi connectivity index (χ2v) is 10.6. The lowest BCUT2D eigenvalue weighted by Gasteiger charge is -2.45. The Morgan fingerprint density at radius 1 is 1.03 bits per heavy atom. The number of amides is 2. The van der Waals surface area contributed by atoms with Crippen LogP contribution in [0.2, 0.25) is 5.02 Å². The quantitative estimate of drug-likeness (QED) is 0.631. The van der Waals surface area contributed by atoms with Crippen molar-refractivity contribution in [3.63, 3.8) is 0 Å². The number of hydrogen-bond acceptors (Lipinski definition) is 5. The van der Waals surface area contributed by atoms with E-state index >= 15 is 0 Å². The number of likely N-dealkylation sites (tertiary alicyclic amines) is 2. The summed E-state index contributed by atoms with van der Waals surface area (Å²) >= 11 is 6.38. The number of aromatic nitrogens is 2. The minimum atomic E-state index is -0.124. The topological polar surface area (TPSA) is 64.9 Å². The Balaban J connectivity index is 1.26. The zero-order valence-corrected chi connectivity index (χ0v) is 21.5. The molecule has 0 atom stereocenters. The summed E-state index contributed by atoms with van der Waals surface area (Å²) in [7, 11) is 1.66. The van der Waals surface area contributed by atoms with Crippen LogP contribution in [-0.4, -0.2) is 76.8 Å². The molecule has 0 bridgehead atoms. The van der Waals surface area contributed by atoms with Crippen LogP contribution in [-0.2, 0) is 11.3 Å². The summed E-state index contributed by atoms with van der Waals surface area (Å²) in [5, 5.41) is 5.13. The van der Waals surface area contributed by atoms with Gasteiger partial charge in [-0.25, -0.2) is 4.79 Å². The van der Waals surface area contributed by atoms with E-state index in [1.54, 1.807) is 19.3 Å². The molecule has 9 heteroatoms. The monoisotopic (exact) mass is 498 g/mol. The first-order chi connectivity index (χ1) is 16.9. The minimum absolute atomic E-state index is 0.113. The van der Waals surface area contributed by atoms with Crippen LogP contribution in [0.1, 0.15) is 51.0 Å². The third-order valence-corrected chi connectivity index (χ3v) is 8.38. The molecule has 1 spiro atoms. The van der Waals surface area contributed by atoms with Gasteiger partial charge >= 0.3 is 6.03 Å². The summed E-state index contributed by atoms with van der Waals surface area (Å²) in [6, 6.07) is 7.93. The molecule has 2 amide bonds. The maximum absolute atomic E-state index is 13.1. The Morgan fingerprint density at radius 2 is 1.77 bits per heavy atom. The molecule has 1 aromatic carbocycles. The highest BCUT2D eigenvalue weighted by atomic mass is 35.5. The average Bonchev–Trinajstić information content (AvgIpc) is 3.62. The molecule has 5 rings (SSSR count). The Bertz CT molecular complexity index is 1090. The lowest BCUT2D eigenvalue weighted by atomic mass is 9.84. The SMILES string of the molecule is CC(=O)N(C)c1ccn(C(=O)N2CCC3(CCCN3Cc3ccc(Cl)cc3N3CCCC3)CC2)n1. The largest absolute Gasteiger partial charge is 0.371 e. The fourth-order valence-corrected chi connectivity index (χ4v) is 6.12. The van der Waals surface area contributed by atoms with Crippen molar-refractivity contribution in [3.05, 3.63) is 41.0 Å². The summed E-state index contributed by atoms with van der Waals surface area (Å²) in [5.41, 5.74) is 2.78. The zero-order chi connectivity index (χ0) is 24.6. The first-order valence-corrected chi connectivity index (χ1v) is 13.1. The van der Waals surface area contributed by atoms with E-state index in [0.29, 0.717) is 18.9 Å².